The van der Waals surface area contributed by atoms with Gasteiger partial charge < -0.3 is 19.8 Å². The minimum Gasteiger partial charge on any atom is -0.491 e. The van der Waals surface area contributed by atoms with Crippen LogP contribution in [0.1, 0.15) is 0 Å². The molecule has 1 aromatic carbocycles. The fraction of sp³-hybridized carbons (Fsp3) is 0.381. The molecule has 0 unspecified atom stereocenters. The Labute approximate surface area is 168 Å². The van der Waals surface area contributed by atoms with Gasteiger partial charge in [0.2, 0.25) is 0 Å². The number of nitrogens with zero attached hydrogens (tertiary/aromatic N) is 3. The number of anilines is 1. The zero-order valence-electron chi connectivity index (χ0n) is 15.8. The van der Waals surface area contributed by atoms with Crippen molar-refractivity contribution in [2.45, 2.75) is 0 Å². The first-order chi connectivity index (χ1) is 13.8. The highest BCUT2D eigenvalue weighted by molar-refractivity contribution is 7.17. The summed E-state index contributed by atoms with van der Waals surface area (Å²) in [7, 11) is 0. The molecule has 7 heteroatoms. The predicted molar refractivity (Wildman–Crippen MR) is 113 cm³/mol. The van der Waals surface area contributed by atoms with Crippen LogP contribution in [0.15, 0.2) is 41.8 Å². The first kappa shape index (κ1) is 19.1. The molecule has 148 valence electrons. The minimum atomic E-state index is 0.00700. The number of rotatable bonds is 7. The van der Waals surface area contributed by atoms with E-state index in [1.807, 2.05) is 24.3 Å². The molecule has 28 heavy (non-hydrogen) atoms. The normalized spacial score (nSPS) is 15.3. The number of fused-ring (bicyclic) bond motifs is 1. The maximum Gasteiger partial charge on any atom is 0.147 e. The number of piperazine rings is 1. The third-order valence-electron chi connectivity index (χ3n) is 5.02. The number of hydrogen-bond donors (Lipinski definition) is 2. The van der Waals surface area contributed by atoms with Gasteiger partial charge in [-0.2, -0.15) is 0 Å². The Balaban J connectivity index is 1.60. The lowest BCUT2D eigenvalue weighted by Crippen LogP contribution is -2.47. The monoisotopic (exact) mass is 399 g/mol. The number of aromatic nitrogens is 1. The molecule has 0 bridgehead atoms. The summed E-state index contributed by atoms with van der Waals surface area (Å²) in [6, 6.07) is 12.1. The number of pyridine rings is 1. The molecule has 6 nitrogen and oxygen atoms in total. The summed E-state index contributed by atoms with van der Waals surface area (Å²) in [5.41, 5.74) is 2.00. The first-order valence-electron chi connectivity index (χ1n) is 9.59. The van der Waals surface area contributed by atoms with Gasteiger partial charge in [0, 0.05) is 38.3 Å². The van der Waals surface area contributed by atoms with Crippen molar-refractivity contribution in [2.75, 3.05) is 57.4 Å². The van der Waals surface area contributed by atoms with E-state index in [-0.39, 0.29) is 13.2 Å². The Morgan fingerprint density at radius 2 is 1.79 bits per heavy atom. The van der Waals surface area contributed by atoms with E-state index in [0.29, 0.717) is 6.61 Å². The topological polar surface area (TPSA) is 69.1 Å². The molecule has 0 aliphatic carbocycles. The summed E-state index contributed by atoms with van der Waals surface area (Å²) >= 11 is 1.73. The molecule has 4 rings (SSSR count). The van der Waals surface area contributed by atoms with Gasteiger partial charge in [0.1, 0.15) is 18.2 Å². The number of ether oxygens (including phenoxy) is 1. The average Bonchev–Trinajstić information content (AvgIpc) is 3.21. The molecular weight excluding hydrogens is 374 g/mol. The SMILES string of the molecule is OCCOc1ccc(-c2cc3ccsc3c(N3CCN(CCO)CC3)n2)cc1. The molecule has 3 aromatic rings. The molecule has 1 fully saturated rings. The van der Waals surface area contributed by atoms with E-state index >= 15 is 0 Å². The van der Waals surface area contributed by atoms with Gasteiger partial charge in [-0.25, -0.2) is 4.98 Å². The van der Waals surface area contributed by atoms with Crippen molar-refractivity contribution in [2.24, 2.45) is 0 Å². The summed E-state index contributed by atoms with van der Waals surface area (Å²) in [4.78, 5) is 9.66. The Morgan fingerprint density at radius 3 is 2.50 bits per heavy atom. The summed E-state index contributed by atoms with van der Waals surface area (Å²) in [6.07, 6.45) is 0. The van der Waals surface area contributed by atoms with Crippen LogP contribution in [0.3, 0.4) is 0 Å². The standard InChI is InChI=1S/C21H25N3O3S/c25-11-10-23-6-8-24(9-7-23)21-20-17(5-14-28-20)15-19(22-21)16-1-3-18(4-2-16)27-13-12-26/h1-5,14-15,25-26H,6-13H2. The fourth-order valence-corrected chi connectivity index (χ4v) is 4.43. The number of thiophene rings is 1. The van der Waals surface area contributed by atoms with Gasteiger partial charge in [-0.1, -0.05) is 0 Å². The van der Waals surface area contributed by atoms with Crippen LogP contribution < -0.4 is 9.64 Å². The number of aliphatic hydroxyl groups is 2. The van der Waals surface area contributed by atoms with Gasteiger partial charge in [-0.15, -0.1) is 11.3 Å². The van der Waals surface area contributed by atoms with E-state index in [0.717, 1.165) is 55.5 Å². The average molecular weight is 400 g/mol. The van der Waals surface area contributed by atoms with E-state index in [1.165, 1.54) is 10.1 Å². The molecule has 1 aliphatic heterocycles. The molecule has 0 saturated carbocycles. The van der Waals surface area contributed by atoms with Gasteiger partial charge in [0.15, 0.2) is 0 Å². The lowest BCUT2D eigenvalue weighted by molar-refractivity contribution is 0.188. The second-order valence-corrected chi connectivity index (χ2v) is 7.73. The van der Waals surface area contributed by atoms with Crippen molar-refractivity contribution >= 4 is 27.2 Å². The van der Waals surface area contributed by atoms with Crippen LogP contribution in [-0.4, -0.2) is 72.6 Å². The Kier molecular flexibility index (Phi) is 6.07. The van der Waals surface area contributed by atoms with E-state index in [1.54, 1.807) is 11.3 Å². The Morgan fingerprint density at radius 1 is 1.00 bits per heavy atom. The molecule has 3 heterocycles. The molecule has 0 radical (unpaired) electrons. The maximum atomic E-state index is 9.16. The second-order valence-electron chi connectivity index (χ2n) is 6.82. The summed E-state index contributed by atoms with van der Waals surface area (Å²) in [6.45, 7) is 4.96. The zero-order chi connectivity index (χ0) is 19.3. The fourth-order valence-electron chi connectivity index (χ4n) is 3.53. The lowest BCUT2D eigenvalue weighted by Gasteiger charge is -2.35. The molecule has 1 saturated heterocycles. The van der Waals surface area contributed by atoms with Crippen molar-refractivity contribution in [1.82, 2.24) is 9.88 Å². The Bertz CT molecular complexity index is 905. The molecular formula is C21H25N3O3S. The van der Waals surface area contributed by atoms with Crippen LogP contribution in [0, 0.1) is 0 Å². The first-order valence-corrected chi connectivity index (χ1v) is 10.5. The highest BCUT2D eigenvalue weighted by atomic mass is 32.1. The molecule has 0 spiro atoms. The predicted octanol–water partition coefficient (Wildman–Crippen LogP) is 2.45. The minimum absolute atomic E-state index is 0.00700. The molecule has 2 aromatic heterocycles. The number of hydrogen-bond acceptors (Lipinski definition) is 7. The number of β-amino-alcohol motifs (C(OH)–C–C–N with tert-alkyl or cyclic N) is 1. The van der Waals surface area contributed by atoms with Crippen LogP contribution in [0.5, 0.6) is 5.75 Å². The van der Waals surface area contributed by atoms with Crippen LogP contribution in [0.2, 0.25) is 0 Å². The quantitative estimate of drug-likeness (QED) is 0.636. The Hall–Kier alpha value is -2.19. The number of benzene rings is 1. The van der Waals surface area contributed by atoms with Gasteiger partial charge in [0.05, 0.1) is 23.6 Å². The smallest absolute Gasteiger partial charge is 0.147 e. The van der Waals surface area contributed by atoms with Crippen molar-refractivity contribution in [1.29, 1.82) is 0 Å². The van der Waals surface area contributed by atoms with Crippen molar-refractivity contribution in [3.63, 3.8) is 0 Å². The van der Waals surface area contributed by atoms with E-state index in [9.17, 15) is 0 Å². The maximum absolute atomic E-state index is 9.16. The lowest BCUT2D eigenvalue weighted by atomic mass is 10.1. The third-order valence-corrected chi connectivity index (χ3v) is 5.94. The van der Waals surface area contributed by atoms with E-state index in [4.69, 9.17) is 19.9 Å². The second kappa shape index (κ2) is 8.87. The van der Waals surface area contributed by atoms with Crippen molar-refractivity contribution in [3.05, 3.63) is 41.8 Å². The summed E-state index contributed by atoms with van der Waals surface area (Å²) < 4.78 is 6.68. The highest BCUT2D eigenvalue weighted by Gasteiger charge is 2.21. The van der Waals surface area contributed by atoms with Crippen LogP contribution in [0.25, 0.3) is 21.3 Å². The zero-order valence-corrected chi connectivity index (χ0v) is 16.6. The van der Waals surface area contributed by atoms with Gasteiger partial charge in [0.25, 0.3) is 0 Å². The number of aliphatic hydroxyl groups excluding tert-OH is 2. The highest BCUT2D eigenvalue weighted by Crippen LogP contribution is 2.34. The van der Waals surface area contributed by atoms with Crippen molar-refractivity contribution in [3.8, 4) is 17.0 Å². The van der Waals surface area contributed by atoms with Crippen LogP contribution in [-0.2, 0) is 0 Å². The van der Waals surface area contributed by atoms with Crippen molar-refractivity contribution < 1.29 is 14.9 Å². The van der Waals surface area contributed by atoms with Gasteiger partial charge in [-0.3, -0.25) is 4.90 Å². The largest absolute Gasteiger partial charge is 0.491 e. The summed E-state index contributed by atoms with van der Waals surface area (Å²) in [5, 5.41) is 21.4. The van der Waals surface area contributed by atoms with Gasteiger partial charge >= 0.3 is 0 Å². The molecule has 0 amide bonds. The van der Waals surface area contributed by atoms with Crippen LogP contribution >= 0.6 is 11.3 Å². The van der Waals surface area contributed by atoms with Crippen LogP contribution in [0.4, 0.5) is 5.82 Å². The van der Waals surface area contributed by atoms with E-state index in [2.05, 4.69) is 27.3 Å². The van der Waals surface area contributed by atoms with E-state index < -0.39 is 0 Å². The summed E-state index contributed by atoms with van der Waals surface area (Å²) in [5.74, 6) is 1.79. The van der Waals surface area contributed by atoms with Gasteiger partial charge in [-0.05, 0) is 47.2 Å². The molecule has 2 N–H and O–H groups in total. The molecule has 1 aliphatic rings. The third kappa shape index (κ3) is 4.12. The molecule has 0 atom stereocenters.